The van der Waals surface area contributed by atoms with Gasteiger partial charge in [0.15, 0.2) is 11.5 Å². The molecular weight excluding hydrogens is 274 g/mol. The number of hydrogen-bond acceptors (Lipinski definition) is 5. The van der Waals surface area contributed by atoms with Crippen LogP contribution >= 0.6 is 11.8 Å². The summed E-state index contributed by atoms with van der Waals surface area (Å²) >= 11 is 1.77. The van der Waals surface area contributed by atoms with Crippen LogP contribution in [0, 0.1) is 0 Å². The summed E-state index contributed by atoms with van der Waals surface area (Å²) in [7, 11) is 1.70. The van der Waals surface area contributed by atoms with E-state index in [4.69, 9.17) is 14.2 Å². The Labute approximate surface area is 126 Å². The van der Waals surface area contributed by atoms with Gasteiger partial charge in [-0.1, -0.05) is 6.07 Å². The van der Waals surface area contributed by atoms with Gasteiger partial charge >= 0.3 is 0 Å². The fourth-order valence-corrected chi connectivity index (χ4v) is 1.94. The number of nitrogens with one attached hydrogen (secondary N) is 1. The van der Waals surface area contributed by atoms with Crippen LogP contribution in [-0.2, 0) is 11.3 Å². The Bertz CT molecular complexity index is 374. The summed E-state index contributed by atoms with van der Waals surface area (Å²) in [6, 6.07) is 6.09. The van der Waals surface area contributed by atoms with E-state index in [0.29, 0.717) is 19.8 Å². The van der Waals surface area contributed by atoms with Crippen molar-refractivity contribution in [2.75, 3.05) is 45.5 Å². The van der Waals surface area contributed by atoms with E-state index >= 15 is 0 Å². The van der Waals surface area contributed by atoms with Crippen LogP contribution in [0.5, 0.6) is 11.5 Å². The molecule has 4 nitrogen and oxygen atoms in total. The van der Waals surface area contributed by atoms with Crippen LogP contribution in [0.25, 0.3) is 0 Å². The number of hydrogen-bond donors (Lipinski definition) is 1. The first-order chi connectivity index (χ1) is 9.81. The van der Waals surface area contributed by atoms with E-state index in [0.717, 1.165) is 30.3 Å². The molecule has 0 aliphatic carbocycles. The van der Waals surface area contributed by atoms with Crippen molar-refractivity contribution in [2.45, 2.75) is 13.5 Å². The fraction of sp³-hybridized carbons (Fsp3) is 0.600. The molecule has 0 aliphatic heterocycles. The summed E-state index contributed by atoms with van der Waals surface area (Å²) < 4.78 is 16.4. The van der Waals surface area contributed by atoms with Crippen molar-refractivity contribution < 1.29 is 14.2 Å². The molecule has 0 fully saturated rings. The normalized spacial score (nSPS) is 10.6. The van der Waals surface area contributed by atoms with Crippen molar-refractivity contribution in [2.24, 2.45) is 0 Å². The maximum Gasteiger partial charge on any atom is 0.161 e. The third-order valence-corrected chi connectivity index (χ3v) is 3.24. The van der Waals surface area contributed by atoms with Crippen molar-refractivity contribution in [3.05, 3.63) is 23.8 Å². The Kier molecular flexibility index (Phi) is 9.28. The van der Waals surface area contributed by atoms with Crippen LogP contribution in [0.1, 0.15) is 12.5 Å². The van der Waals surface area contributed by atoms with Gasteiger partial charge < -0.3 is 19.5 Å². The van der Waals surface area contributed by atoms with Crippen LogP contribution in [0.2, 0.25) is 0 Å². The van der Waals surface area contributed by atoms with Crippen LogP contribution in [0.4, 0.5) is 0 Å². The fourth-order valence-electron chi connectivity index (χ4n) is 1.69. The van der Waals surface area contributed by atoms with Crippen molar-refractivity contribution in [1.82, 2.24) is 5.32 Å². The Morgan fingerprint density at radius 3 is 2.70 bits per heavy atom. The van der Waals surface area contributed by atoms with E-state index in [1.165, 1.54) is 5.56 Å². The number of benzene rings is 1. The first kappa shape index (κ1) is 17.1. The molecule has 1 rings (SSSR count). The van der Waals surface area contributed by atoms with E-state index in [9.17, 15) is 0 Å². The Hall–Kier alpha value is -0.910. The Morgan fingerprint density at radius 1 is 1.15 bits per heavy atom. The second-order valence-electron chi connectivity index (χ2n) is 4.22. The maximum absolute atomic E-state index is 5.74. The van der Waals surface area contributed by atoms with E-state index in [1.54, 1.807) is 18.9 Å². The van der Waals surface area contributed by atoms with Gasteiger partial charge in [-0.3, -0.25) is 0 Å². The Balaban J connectivity index is 2.58. The molecule has 20 heavy (non-hydrogen) atoms. The highest BCUT2D eigenvalue weighted by atomic mass is 32.2. The molecule has 5 heteroatoms. The summed E-state index contributed by atoms with van der Waals surface area (Å²) in [5.41, 5.74) is 1.18. The molecule has 1 aromatic rings. The number of methoxy groups -OCH3 is 1. The molecule has 0 aromatic heterocycles. The zero-order valence-corrected chi connectivity index (χ0v) is 13.4. The summed E-state index contributed by atoms with van der Waals surface area (Å²) in [5.74, 6) is 2.62. The molecule has 114 valence electrons. The lowest BCUT2D eigenvalue weighted by Gasteiger charge is -2.13. The highest BCUT2D eigenvalue weighted by Gasteiger charge is 2.06. The molecular formula is C15H25NO3S. The average molecular weight is 299 g/mol. The van der Waals surface area contributed by atoms with Gasteiger partial charge in [0.25, 0.3) is 0 Å². The van der Waals surface area contributed by atoms with Gasteiger partial charge in [-0.15, -0.1) is 0 Å². The number of rotatable bonds is 11. The van der Waals surface area contributed by atoms with Crippen molar-refractivity contribution >= 4 is 11.8 Å². The molecule has 0 heterocycles. The molecule has 0 saturated carbocycles. The van der Waals surface area contributed by atoms with E-state index in [2.05, 4.69) is 17.6 Å². The van der Waals surface area contributed by atoms with Crippen molar-refractivity contribution in [3.8, 4) is 11.5 Å². The first-order valence-electron chi connectivity index (χ1n) is 6.89. The summed E-state index contributed by atoms with van der Waals surface area (Å²) in [6.07, 6.45) is 2.07. The Morgan fingerprint density at radius 2 is 2.00 bits per heavy atom. The molecule has 1 N–H and O–H groups in total. The lowest BCUT2D eigenvalue weighted by atomic mass is 10.2. The molecule has 1 aromatic carbocycles. The first-order valence-corrected chi connectivity index (χ1v) is 8.28. The minimum absolute atomic E-state index is 0.638. The SMILES string of the molecule is CCOc1cc(CNCCOC)ccc1OCCSC. The smallest absolute Gasteiger partial charge is 0.161 e. The second kappa shape index (κ2) is 10.8. The predicted octanol–water partition coefficient (Wildman–Crippen LogP) is 2.56. The van der Waals surface area contributed by atoms with E-state index in [-0.39, 0.29) is 0 Å². The van der Waals surface area contributed by atoms with Crippen LogP contribution in [0.3, 0.4) is 0 Å². The van der Waals surface area contributed by atoms with Gasteiger partial charge in [0.1, 0.15) is 0 Å². The number of ether oxygens (including phenoxy) is 3. The zero-order valence-electron chi connectivity index (χ0n) is 12.6. The third-order valence-electron chi connectivity index (χ3n) is 2.67. The van der Waals surface area contributed by atoms with Gasteiger partial charge in [0.2, 0.25) is 0 Å². The molecule has 0 bridgehead atoms. The molecule has 0 saturated heterocycles. The second-order valence-corrected chi connectivity index (χ2v) is 5.21. The highest BCUT2D eigenvalue weighted by molar-refractivity contribution is 7.98. The van der Waals surface area contributed by atoms with Crippen LogP contribution < -0.4 is 14.8 Å². The highest BCUT2D eigenvalue weighted by Crippen LogP contribution is 2.28. The summed E-state index contributed by atoms with van der Waals surface area (Å²) in [6.45, 7) is 5.68. The van der Waals surface area contributed by atoms with Gasteiger partial charge in [-0.05, 0) is 30.9 Å². The summed E-state index contributed by atoms with van der Waals surface area (Å²) in [4.78, 5) is 0. The monoisotopic (exact) mass is 299 g/mol. The molecule has 0 atom stereocenters. The molecule has 0 unspecified atom stereocenters. The number of thioether (sulfide) groups is 1. The van der Waals surface area contributed by atoms with Crippen molar-refractivity contribution in [3.63, 3.8) is 0 Å². The average Bonchev–Trinajstić information content (AvgIpc) is 2.46. The lowest BCUT2D eigenvalue weighted by Crippen LogP contribution is -2.18. The third kappa shape index (κ3) is 6.50. The minimum atomic E-state index is 0.638. The van der Waals surface area contributed by atoms with Gasteiger partial charge in [-0.25, -0.2) is 0 Å². The molecule has 0 amide bonds. The maximum atomic E-state index is 5.74. The summed E-state index contributed by atoms with van der Waals surface area (Å²) in [5, 5.41) is 3.32. The topological polar surface area (TPSA) is 39.7 Å². The molecule has 0 aliphatic rings. The molecule has 0 spiro atoms. The van der Waals surface area contributed by atoms with Gasteiger partial charge in [-0.2, -0.15) is 11.8 Å². The van der Waals surface area contributed by atoms with E-state index in [1.807, 2.05) is 19.1 Å². The largest absolute Gasteiger partial charge is 0.490 e. The van der Waals surface area contributed by atoms with E-state index < -0.39 is 0 Å². The van der Waals surface area contributed by atoms with Gasteiger partial charge in [0, 0.05) is 26.0 Å². The van der Waals surface area contributed by atoms with Crippen LogP contribution in [0.15, 0.2) is 18.2 Å². The standard InChI is InChI=1S/C15H25NO3S/c1-4-18-15-11-13(12-16-7-8-17-2)5-6-14(15)19-9-10-20-3/h5-6,11,16H,4,7-10,12H2,1-3H3. The van der Waals surface area contributed by atoms with Crippen LogP contribution in [-0.4, -0.2) is 45.5 Å². The zero-order chi connectivity index (χ0) is 14.6. The quantitative estimate of drug-likeness (QED) is 0.636. The lowest BCUT2D eigenvalue weighted by molar-refractivity contribution is 0.199. The van der Waals surface area contributed by atoms with Gasteiger partial charge in [0.05, 0.1) is 19.8 Å². The van der Waals surface area contributed by atoms with Crippen molar-refractivity contribution in [1.29, 1.82) is 0 Å². The predicted molar refractivity (Wildman–Crippen MR) is 85.1 cm³/mol. The molecule has 0 radical (unpaired) electrons. The minimum Gasteiger partial charge on any atom is -0.490 e.